The van der Waals surface area contributed by atoms with Crippen LogP contribution < -0.4 is 5.32 Å². The summed E-state index contributed by atoms with van der Waals surface area (Å²) in [5.74, 6) is -0.645. The van der Waals surface area contributed by atoms with Crippen LogP contribution in [0.2, 0.25) is 0 Å². The van der Waals surface area contributed by atoms with E-state index in [0.29, 0.717) is 17.4 Å². The number of hydrogen-bond donors (Lipinski definition) is 2. The van der Waals surface area contributed by atoms with Crippen LogP contribution in [0.15, 0.2) is 79.1 Å². The van der Waals surface area contributed by atoms with E-state index >= 15 is 0 Å². The number of pyridine rings is 2. The van der Waals surface area contributed by atoms with Gasteiger partial charge in [0.2, 0.25) is 0 Å². The molecule has 0 spiro atoms. The number of rotatable bonds is 4. The van der Waals surface area contributed by atoms with E-state index < -0.39 is 5.91 Å². The van der Waals surface area contributed by atoms with Crippen LogP contribution in [0.3, 0.4) is 0 Å². The van der Waals surface area contributed by atoms with Crippen molar-refractivity contribution in [3.63, 3.8) is 0 Å². The second kappa shape index (κ2) is 7.25. The summed E-state index contributed by atoms with van der Waals surface area (Å²) in [5, 5.41) is 13.8. The Balaban J connectivity index is 1.52. The molecule has 0 bridgehead atoms. The Morgan fingerprint density at radius 3 is 2.59 bits per heavy atom. The smallest absolute Gasteiger partial charge is 0.274 e. The summed E-state index contributed by atoms with van der Waals surface area (Å²) in [6, 6.07) is 21.6. The molecule has 5 nitrogen and oxygen atoms in total. The number of aromatic hydroxyl groups is 1. The molecular weight excluding hydrogens is 338 g/mol. The number of aromatic nitrogens is 2. The van der Waals surface area contributed by atoms with Crippen LogP contribution in [-0.2, 0) is 6.54 Å². The van der Waals surface area contributed by atoms with Crippen molar-refractivity contribution in [2.45, 2.75) is 6.54 Å². The van der Waals surface area contributed by atoms with E-state index in [1.807, 2.05) is 54.6 Å². The Kier molecular flexibility index (Phi) is 4.49. The van der Waals surface area contributed by atoms with Crippen LogP contribution in [0.1, 0.15) is 16.1 Å². The van der Waals surface area contributed by atoms with Crippen LogP contribution in [-0.4, -0.2) is 21.0 Å². The predicted octanol–water partition coefficient (Wildman–Crippen LogP) is 3.93. The first-order valence-corrected chi connectivity index (χ1v) is 8.57. The van der Waals surface area contributed by atoms with Gasteiger partial charge in [-0.05, 0) is 34.9 Å². The quantitative estimate of drug-likeness (QED) is 0.582. The number of nitrogens with one attached hydrogen (secondary N) is 1. The summed E-state index contributed by atoms with van der Waals surface area (Å²) in [6.07, 6.45) is 3.10. The van der Waals surface area contributed by atoms with E-state index in [0.717, 1.165) is 16.7 Å². The Morgan fingerprint density at radius 1 is 0.926 bits per heavy atom. The normalized spacial score (nSPS) is 10.7. The number of hydrogen-bond acceptors (Lipinski definition) is 4. The van der Waals surface area contributed by atoms with Crippen molar-refractivity contribution < 1.29 is 9.90 Å². The third-order valence-electron chi connectivity index (χ3n) is 4.32. The lowest BCUT2D eigenvalue weighted by molar-refractivity contribution is 0.0943. The fourth-order valence-corrected chi connectivity index (χ4v) is 2.95. The molecule has 0 saturated heterocycles. The van der Waals surface area contributed by atoms with Crippen LogP contribution >= 0.6 is 0 Å². The maximum Gasteiger partial charge on any atom is 0.274 e. The summed E-state index contributed by atoms with van der Waals surface area (Å²) >= 11 is 0. The van der Waals surface area contributed by atoms with Crippen LogP contribution in [0.4, 0.5) is 0 Å². The highest BCUT2D eigenvalue weighted by atomic mass is 16.3. The molecule has 0 fully saturated rings. The van der Waals surface area contributed by atoms with Gasteiger partial charge in [0.05, 0.1) is 0 Å². The highest BCUT2D eigenvalue weighted by Gasteiger charge is 2.16. The lowest BCUT2D eigenvalue weighted by Crippen LogP contribution is -2.24. The van der Waals surface area contributed by atoms with Crippen molar-refractivity contribution in [3.8, 4) is 16.9 Å². The molecule has 132 valence electrons. The molecule has 2 aromatic heterocycles. The van der Waals surface area contributed by atoms with Gasteiger partial charge in [0.25, 0.3) is 5.91 Å². The minimum absolute atomic E-state index is 0.0274. The molecule has 4 aromatic rings. The van der Waals surface area contributed by atoms with Crippen molar-refractivity contribution in [1.29, 1.82) is 0 Å². The standard InChI is InChI=1S/C22H17N3O2/c26-21-19-18(10-5-11-23-19)14-24-20(21)22(27)25-13-15-6-4-9-17(12-15)16-7-2-1-3-8-16/h1-12,14,26H,13H2,(H,25,27). The summed E-state index contributed by atoms with van der Waals surface area (Å²) in [4.78, 5) is 20.7. The van der Waals surface area contributed by atoms with Gasteiger partial charge in [0.1, 0.15) is 5.52 Å². The molecule has 0 atom stereocenters. The van der Waals surface area contributed by atoms with E-state index in [2.05, 4.69) is 15.3 Å². The molecule has 27 heavy (non-hydrogen) atoms. The van der Waals surface area contributed by atoms with Gasteiger partial charge >= 0.3 is 0 Å². The van der Waals surface area contributed by atoms with Crippen LogP contribution in [0, 0.1) is 0 Å². The molecule has 0 aliphatic heterocycles. The van der Waals surface area contributed by atoms with E-state index in [1.54, 1.807) is 18.3 Å². The lowest BCUT2D eigenvalue weighted by Gasteiger charge is -2.09. The molecule has 0 saturated carbocycles. The number of fused-ring (bicyclic) bond motifs is 1. The Hall–Kier alpha value is -3.73. The van der Waals surface area contributed by atoms with Gasteiger partial charge < -0.3 is 10.4 Å². The van der Waals surface area contributed by atoms with Crippen molar-refractivity contribution >= 4 is 16.8 Å². The van der Waals surface area contributed by atoms with Crippen molar-refractivity contribution in [2.24, 2.45) is 0 Å². The molecule has 2 heterocycles. The third-order valence-corrected chi connectivity index (χ3v) is 4.32. The van der Waals surface area contributed by atoms with E-state index in [9.17, 15) is 9.90 Å². The number of carbonyl (C=O) groups is 1. The zero-order valence-corrected chi connectivity index (χ0v) is 14.5. The topological polar surface area (TPSA) is 75.1 Å². The number of nitrogens with zero attached hydrogens (tertiary/aromatic N) is 2. The highest BCUT2D eigenvalue weighted by molar-refractivity contribution is 6.00. The maximum absolute atomic E-state index is 12.5. The molecule has 2 N–H and O–H groups in total. The Labute approximate surface area is 156 Å². The van der Waals surface area contributed by atoms with Gasteiger partial charge in [-0.2, -0.15) is 0 Å². The second-order valence-corrected chi connectivity index (χ2v) is 6.15. The SMILES string of the molecule is O=C(NCc1cccc(-c2ccccc2)c1)c1ncc2cccnc2c1O. The summed E-state index contributed by atoms with van der Waals surface area (Å²) < 4.78 is 0. The monoisotopic (exact) mass is 355 g/mol. The minimum atomic E-state index is -0.440. The second-order valence-electron chi connectivity index (χ2n) is 6.15. The van der Waals surface area contributed by atoms with Crippen molar-refractivity contribution in [2.75, 3.05) is 0 Å². The first kappa shape index (κ1) is 16.7. The first-order chi connectivity index (χ1) is 13.2. The lowest BCUT2D eigenvalue weighted by atomic mass is 10.0. The van der Waals surface area contributed by atoms with Crippen LogP contribution in [0.25, 0.3) is 22.0 Å². The molecule has 0 unspecified atom stereocenters. The molecule has 0 aliphatic rings. The molecular formula is C22H17N3O2. The van der Waals surface area contributed by atoms with Gasteiger partial charge in [-0.15, -0.1) is 0 Å². The third kappa shape index (κ3) is 3.48. The minimum Gasteiger partial charge on any atom is -0.504 e. The van der Waals surface area contributed by atoms with Gasteiger partial charge in [-0.25, -0.2) is 4.98 Å². The molecule has 0 aliphatic carbocycles. The molecule has 2 aromatic carbocycles. The van der Waals surface area contributed by atoms with Gasteiger partial charge in [-0.1, -0.05) is 48.5 Å². The largest absolute Gasteiger partial charge is 0.504 e. The van der Waals surface area contributed by atoms with E-state index in [4.69, 9.17) is 0 Å². The Morgan fingerprint density at radius 2 is 1.74 bits per heavy atom. The zero-order valence-electron chi connectivity index (χ0n) is 14.5. The summed E-state index contributed by atoms with van der Waals surface area (Å²) in [5.41, 5.74) is 3.50. The van der Waals surface area contributed by atoms with Gasteiger partial charge in [0.15, 0.2) is 11.4 Å². The fraction of sp³-hybridized carbons (Fsp3) is 0.0455. The number of benzene rings is 2. The fourth-order valence-electron chi connectivity index (χ4n) is 2.95. The first-order valence-electron chi connectivity index (χ1n) is 8.57. The van der Waals surface area contributed by atoms with Gasteiger partial charge in [0, 0.05) is 24.3 Å². The molecule has 5 heteroatoms. The highest BCUT2D eigenvalue weighted by Crippen LogP contribution is 2.25. The molecule has 4 rings (SSSR count). The van der Waals surface area contributed by atoms with E-state index in [1.165, 1.54) is 6.20 Å². The van der Waals surface area contributed by atoms with Gasteiger partial charge in [-0.3, -0.25) is 9.78 Å². The summed E-state index contributed by atoms with van der Waals surface area (Å²) in [6.45, 7) is 0.334. The van der Waals surface area contributed by atoms with E-state index in [-0.39, 0.29) is 11.4 Å². The molecule has 0 radical (unpaired) electrons. The zero-order chi connectivity index (χ0) is 18.6. The predicted molar refractivity (Wildman–Crippen MR) is 104 cm³/mol. The average Bonchev–Trinajstić information content (AvgIpc) is 2.73. The summed E-state index contributed by atoms with van der Waals surface area (Å²) in [7, 11) is 0. The van der Waals surface area contributed by atoms with Crippen LogP contribution in [0.5, 0.6) is 5.75 Å². The average molecular weight is 355 g/mol. The van der Waals surface area contributed by atoms with Crippen molar-refractivity contribution in [1.82, 2.24) is 15.3 Å². The molecule has 1 amide bonds. The number of carbonyl (C=O) groups excluding carboxylic acids is 1. The van der Waals surface area contributed by atoms with Crippen molar-refractivity contribution in [3.05, 3.63) is 90.4 Å². The maximum atomic E-state index is 12.5. The number of amides is 1. The Bertz CT molecular complexity index is 1110.